The van der Waals surface area contributed by atoms with E-state index in [-0.39, 0.29) is 11.7 Å². The van der Waals surface area contributed by atoms with Gasteiger partial charge in [0.15, 0.2) is 11.4 Å². The van der Waals surface area contributed by atoms with Crippen LogP contribution in [0.1, 0.15) is 24.5 Å². The quantitative estimate of drug-likeness (QED) is 0.589. The van der Waals surface area contributed by atoms with Crippen molar-refractivity contribution in [2.45, 2.75) is 18.8 Å². The van der Waals surface area contributed by atoms with Gasteiger partial charge in [-0.3, -0.25) is 0 Å². The maximum atomic E-state index is 9.84. The van der Waals surface area contributed by atoms with Gasteiger partial charge in [0.05, 0.1) is 11.1 Å². The Labute approximate surface area is 149 Å². The molecule has 0 bridgehead atoms. The molecule has 5 rings (SSSR count). The maximum absolute atomic E-state index is 9.84. The van der Waals surface area contributed by atoms with Crippen LogP contribution in [0.15, 0.2) is 47.0 Å². The third-order valence-corrected chi connectivity index (χ3v) is 4.83. The minimum absolute atomic E-state index is 0.192. The second kappa shape index (κ2) is 6.07. The van der Waals surface area contributed by atoms with Crippen molar-refractivity contribution in [2.75, 3.05) is 13.2 Å². The molecule has 0 radical (unpaired) electrons. The molecular formula is C20H17N3O3. The molecule has 1 N–H and O–H groups in total. The van der Waals surface area contributed by atoms with Gasteiger partial charge in [0.1, 0.15) is 11.3 Å². The highest BCUT2D eigenvalue weighted by molar-refractivity contribution is 6.02. The van der Waals surface area contributed by atoms with Crippen LogP contribution in [-0.2, 0) is 4.74 Å². The number of phenolic OH excluding ortho intramolecular Hbond substituents is 1. The van der Waals surface area contributed by atoms with E-state index in [2.05, 4.69) is 4.98 Å². The number of hydrogen-bond acceptors (Lipinski definition) is 6. The van der Waals surface area contributed by atoms with Crippen molar-refractivity contribution < 1.29 is 14.3 Å². The summed E-state index contributed by atoms with van der Waals surface area (Å²) in [4.78, 5) is 13.9. The predicted molar refractivity (Wildman–Crippen MR) is 97.0 cm³/mol. The molecule has 1 aromatic carbocycles. The molecule has 6 nitrogen and oxygen atoms in total. The van der Waals surface area contributed by atoms with E-state index in [9.17, 15) is 5.11 Å². The Bertz CT molecular complexity index is 1100. The molecule has 1 aliphatic heterocycles. The number of aromatic hydroxyl groups is 1. The first-order valence-corrected chi connectivity index (χ1v) is 8.72. The standard InChI is InChI=1S/C20H17N3O3/c24-14-4-1-3-13(11-14)19-22-16(12-6-9-25-10-7-12)18-17(23-19)15-5-2-8-21-20(15)26-18/h1-5,8,11-12,24H,6-7,9-10H2. The zero-order valence-corrected chi connectivity index (χ0v) is 14.1. The first-order chi connectivity index (χ1) is 12.8. The Balaban J connectivity index is 1.79. The maximum Gasteiger partial charge on any atom is 0.229 e. The Kier molecular flexibility index (Phi) is 3.57. The summed E-state index contributed by atoms with van der Waals surface area (Å²) in [5.41, 5.74) is 3.71. The SMILES string of the molecule is Oc1cccc(-c2nc(C3CCOCC3)c3oc4ncccc4c3n2)c1. The summed E-state index contributed by atoms with van der Waals surface area (Å²) in [5.74, 6) is 1.03. The number of hydrogen-bond donors (Lipinski definition) is 1. The Morgan fingerprint density at radius 2 is 1.92 bits per heavy atom. The lowest BCUT2D eigenvalue weighted by Crippen LogP contribution is -2.16. The van der Waals surface area contributed by atoms with E-state index in [1.807, 2.05) is 18.2 Å². The molecule has 4 aromatic rings. The molecule has 0 amide bonds. The van der Waals surface area contributed by atoms with Crippen LogP contribution in [0.4, 0.5) is 0 Å². The van der Waals surface area contributed by atoms with Crippen LogP contribution >= 0.6 is 0 Å². The van der Waals surface area contributed by atoms with Crippen LogP contribution in [0.3, 0.4) is 0 Å². The second-order valence-corrected chi connectivity index (χ2v) is 6.51. The molecule has 1 saturated heterocycles. The molecule has 0 spiro atoms. The van der Waals surface area contributed by atoms with Crippen LogP contribution in [0.2, 0.25) is 0 Å². The van der Waals surface area contributed by atoms with E-state index in [4.69, 9.17) is 19.1 Å². The van der Waals surface area contributed by atoms with Crippen molar-refractivity contribution >= 4 is 22.2 Å². The van der Waals surface area contributed by atoms with Crippen molar-refractivity contribution in [3.63, 3.8) is 0 Å². The number of phenols is 1. The highest BCUT2D eigenvalue weighted by Crippen LogP contribution is 2.36. The Morgan fingerprint density at radius 3 is 2.77 bits per heavy atom. The second-order valence-electron chi connectivity index (χ2n) is 6.51. The van der Waals surface area contributed by atoms with Crippen LogP contribution in [-0.4, -0.2) is 33.3 Å². The minimum atomic E-state index is 0.192. The normalized spacial score (nSPS) is 15.7. The zero-order valence-electron chi connectivity index (χ0n) is 14.1. The third-order valence-electron chi connectivity index (χ3n) is 4.83. The summed E-state index contributed by atoms with van der Waals surface area (Å²) < 4.78 is 11.5. The van der Waals surface area contributed by atoms with Crippen molar-refractivity contribution in [3.05, 3.63) is 48.3 Å². The number of rotatable bonds is 2. The minimum Gasteiger partial charge on any atom is -0.508 e. The average Bonchev–Trinajstić information content (AvgIpc) is 3.06. The summed E-state index contributed by atoms with van der Waals surface area (Å²) in [6.45, 7) is 1.44. The fourth-order valence-electron chi connectivity index (χ4n) is 3.52. The highest BCUT2D eigenvalue weighted by atomic mass is 16.5. The molecule has 0 aliphatic carbocycles. The third kappa shape index (κ3) is 2.50. The number of benzene rings is 1. The van der Waals surface area contributed by atoms with Gasteiger partial charge in [-0.05, 0) is 37.1 Å². The summed E-state index contributed by atoms with van der Waals surface area (Å²) in [5, 5.41) is 10.7. The van der Waals surface area contributed by atoms with Gasteiger partial charge in [-0.15, -0.1) is 0 Å². The van der Waals surface area contributed by atoms with Gasteiger partial charge in [-0.25, -0.2) is 15.0 Å². The molecule has 130 valence electrons. The van der Waals surface area contributed by atoms with Gasteiger partial charge in [-0.2, -0.15) is 0 Å². The van der Waals surface area contributed by atoms with E-state index >= 15 is 0 Å². The molecule has 0 unspecified atom stereocenters. The molecule has 6 heteroatoms. The van der Waals surface area contributed by atoms with Crippen molar-refractivity contribution in [1.29, 1.82) is 0 Å². The van der Waals surface area contributed by atoms with E-state index in [1.165, 1.54) is 0 Å². The number of ether oxygens (including phenoxy) is 1. The van der Waals surface area contributed by atoms with Crippen molar-refractivity contribution in [3.8, 4) is 17.1 Å². The number of nitrogens with zero attached hydrogens (tertiary/aromatic N) is 3. The van der Waals surface area contributed by atoms with Gasteiger partial charge < -0.3 is 14.3 Å². The first-order valence-electron chi connectivity index (χ1n) is 8.72. The number of furan rings is 1. The van der Waals surface area contributed by atoms with Gasteiger partial charge >= 0.3 is 0 Å². The largest absolute Gasteiger partial charge is 0.508 e. The van der Waals surface area contributed by atoms with E-state index < -0.39 is 0 Å². The topological polar surface area (TPSA) is 81.3 Å². The van der Waals surface area contributed by atoms with E-state index in [0.717, 1.165) is 48.2 Å². The van der Waals surface area contributed by atoms with Gasteiger partial charge in [-0.1, -0.05) is 12.1 Å². The fourth-order valence-corrected chi connectivity index (χ4v) is 3.52. The van der Waals surface area contributed by atoms with E-state index in [0.29, 0.717) is 17.1 Å². The Morgan fingerprint density at radius 1 is 1.04 bits per heavy atom. The van der Waals surface area contributed by atoms with Crippen LogP contribution in [0, 0.1) is 0 Å². The van der Waals surface area contributed by atoms with Crippen LogP contribution < -0.4 is 0 Å². The molecule has 0 saturated carbocycles. The lowest BCUT2D eigenvalue weighted by molar-refractivity contribution is 0.0846. The summed E-state index contributed by atoms with van der Waals surface area (Å²) in [6, 6.07) is 10.8. The monoisotopic (exact) mass is 347 g/mol. The first kappa shape index (κ1) is 15.3. The lowest BCUT2D eigenvalue weighted by Gasteiger charge is -2.21. The zero-order chi connectivity index (χ0) is 17.5. The van der Waals surface area contributed by atoms with Crippen molar-refractivity contribution in [1.82, 2.24) is 15.0 Å². The molecule has 0 atom stereocenters. The smallest absolute Gasteiger partial charge is 0.229 e. The fraction of sp³-hybridized carbons (Fsp3) is 0.250. The lowest BCUT2D eigenvalue weighted by atomic mass is 9.95. The van der Waals surface area contributed by atoms with E-state index in [1.54, 1.807) is 24.4 Å². The summed E-state index contributed by atoms with van der Waals surface area (Å²) in [6.07, 6.45) is 3.51. The summed E-state index contributed by atoms with van der Waals surface area (Å²) in [7, 11) is 0. The molecule has 26 heavy (non-hydrogen) atoms. The average molecular weight is 347 g/mol. The summed E-state index contributed by atoms with van der Waals surface area (Å²) >= 11 is 0. The van der Waals surface area contributed by atoms with Gasteiger partial charge in [0.25, 0.3) is 0 Å². The molecule has 1 fully saturated rings. The highest BCUT2D eigenvalue weighted by Gasteiger charge is 2.25. The molecular weight excluding hydrogens is 330 g/mol. The molecule has 3 aromatic heterocycles. The number of fused-ring (bicyclic) bond motifs is 3. The van der Waals surface area contributed by atoms with Gasteiger partial charge in [0, 0.05) is 30.9 Å². The molecule has 4 heterocycles. The number of aromatic nitrogens is 3. The Hall–Kier alpha value is -2.99. The van der Waals surface area contributed by atoms with Gasteiger partial charge in [0.2, 0.25) is 5.71 Å². The van der Waals surface area contributed by atoms with Crippen LogP contribution in [0.25, 0.3) is 33.6 Å². The number of pyridine rings is 1. The predicted octanol–water partition coefficient (Wildman–Crippen LogP) is 4.04. The van der Waals surface area contributed by atoms with Crippen molar-refractivity contribution in [2.24, 2.45) is 0 Å². The molecule has 1 aliphatic rings. The van der Waals surface area contributed by atoms with Crippen LogP contribution in [0.5, 0.6) is 5.75 Å².